The molecule has 0 aliphatic heterocycles. The third-order valence-electron chi connectivity index (χ3n) is 1.79. The van der Waals surface area contributed by atoms with Crippen molar-refractivity contribution in [3.8, 4) is 0 Å². The molecule has 0 aromatic carbocycles. The molecular formula is C9H11NO4S2. The van der Waals surface area contributed by atoms with Gasteiger partial charge >= 0.3 is 5.97 Å². The molecule has 1 aromatic rings. The summed E-state index contributed by atoms with van der Waals surface area (Å²) in [5.41, 5.74) is 0. The van der Waals surface area contributed by atoms with Gasteiger partial charge in [0.05, 0.1) is 4.90 Å². The van der Waals surface area contributed by atoms with Crippen LogP contribution in [-0.2, 0) is 10.0 Å². The summed E-state index contributed by atoms with van der Waals surface area (Å²) >= 11 is 0.875. The summed E-state index contributed by atoms with van der Waals surface area (Å²) in [7, 11) is -3.66. The zero-order valence-corrected chi connectivity index (χ0v) is 10.1. The van der Waals surface area contributed by atoms with Crippen LogP contribution in [0.3, 0.4) is 0 Å². The van der Waals surface area contributed by atoms with Crippen molar-refractivity contribution >= 4 is 27.3 Å². The van der Waals surface area contributed by atoms with Crippen LogP contribution in [0.5, 0.6) is 0 Å². The second-order valence-corrected chi connectivity index (χ2v) is 5.72. The molecule has 0 aliphatic carbocycles. The predicted octanol–water partition coefficient (Wildman–Crippen LogP) is 1.30. The smallest absolute Gasteiger partial charge is 0.345 e. The molecule has 0 aliphatic rings. The summed E-state index contributed by atoms with van der Waals surface area (Å²) in [5, 5.41) is 9.96. The zero-order chi connectivity index (χ0) is 12.3. The molecule has 0 radical (unpaired) electrons. The largest absolute Gasteiger partial charge is 0.477 e. The first-order valence-corrected chi connectivity index (χ1v) is 6.70. The summed E-state index contributed by atoms with van der Waals surface area (Å²) in [6, 6.07) is 0.726. The van der Waals surface area contributed by atoms with Crippen LogP contribution in [0.25, 0.3) is 0 Å². The Bertz CT molecular complexity index is 503. The predicted molar refractivity (Wildman–Crippen MR) is 61.3 cm³/mol. The maximum Gasteiger partial charge on any atom is 0.345 e. The van der Waals surface area contributed by atoms with Gasteiger partial charge in [-0.05, 0) is 13.0 Å². The topological polar surface area (TPSA) is 83.5 Å². The highest BCUT2D eigenvalue weighted by Gasteiger charge is 2.19. The molecule has 2 N–H and O–H groups in total. The van der Waals surface area contributed by atoms with Crippen molar-refractivity contribution in [2.24, 2.45) is 0 Å². The third kappa shape index (κ3) is 2.91. The number of carboxylic acid groups (broad SMARTS) is 1. The van der Waals surface area contributed by atoms with Crippen molar-refractivity contribution in [1.29, 1.82) is 0 Å². The molecule has 0 bridgehead atoms. The number of hydrogen-bond acceptors (Lipinski definition) is 4. The van der Waals surface area contributed by atoms with Gasteiger partial charge in [-0.15, -0.1) is 17.9 Å². The number of aromatic carboxylic acids is 1. The van der Waals surface area contributed by atoms with E-state index in [4.69, 9.17) is 5.11 Å². The van der Waals surface area contributed by atoms with Gasteiger partial charge < -0.3 is 5.11 Å². The minimum absolute atomic E-state index is 0.00775. The van der Waals surface area contributed by atoms with Gasteiger partial charge in [-0.1, -0.05) is 6.08 Å². The van der Waals surface area contributed by atoms with E-state index in [2.05, 4.69) is 11.3 Å². The lowest BCUT2D eigenvalue weighted by Gasteiger charge is -2.08. The van der Waals surface area contributed by atoms with E-state index in [9.17, 15) is 13.2 Å². The van der Waals surface area contributed by atoms with Crippen molar-refractivity contribution in [1.82, 2.24) is 4.72 Å². The van der Waals surface area contributed by atoms with Gasteiger partial charge in [0.2, 0.25) is 10.0 Å². The second kappa shape index (κ2) is 4.77. The number of carboxylic acids is 1. The molecule has 0 amide bonds. The molecule has 1 heterocycles. The maximum atomic E-state index is 11.7. The minimum atomic E-state index is -3.66. The Morgan fingerprint density at radius 3 is 2.75 bits per heavy atom. The van der Waals surface area contributed by atoms with Gasteiger partial charge in [0.1, 0.15) is 4.88 Å². The summed E-state index contributed by atoms with van der Waals surface area (Å²) in [6.07, 6.45) is 1.45. The zero-order valence-electron chi connectivity index (χ0n) is 8.50. The highest BCUT2D eigenvalue weighted by atomic mass is 32.2. The van der Waals surface area contributed by atoms with Crippen LogP contribution in [0.15, 0.2) is 29.0 Å². The van der Waals surface area contributed by atoms with Gasteiger partial charge in [-0.3, -0.25) is 0 Å². The second-order valence-electron chi connectivity index (χ2n) is 3.10. The first kappa shape index (κ1) is 12.9. The van der Waals surface area contributed by atoms with Gasteiger partial charge in [-0.25, -0.2) is 17.9 Å². The Morgan fingerprint density at radius 2 is 2.31 bits per heavy atom. The van der Waals surface area contributed by atoms with Gasteiger partial charge in [0.15, 0.2) is 0 Å². The monoisotopic (exact) mass is 261 g/mol. The number of carbonyl (C=O) groups is 1. The van der Waals surface area contributed by atoms with E-state index in [1.54, 1.807) is 6.92 Å². The molecule has 88 valence electrons. The standard InChI is InChI=1S/C9H11NO4S2/c1-3-6(2)10-16(13,14)7-4-8(9(11)12)15-5-7/h3-6,10H,1H2,2H3,(H,11,12). The molecule has 0 fully saturated rings. The fourth-order valence-corrected chi connectivity index (χ4v) is 3.26. The Labute approximate surface area is 97.5 Å². The van der Waals surface area contributed by atoms with Crippen LogP contribution >= 0.6 is 11.3 Å². The van der Waals surface area contributed by atoms with Crippen LogP contribution < -0.4 is 4.72 Å². The average Bonchev–Trinajstić information content (AvgIpc) is 2.66. The van der Waals surface area contributed by atoms with Crippen LogP contribution in [0, 0.1) is 0 Å². The lowest BCUT2D eigenvalue weighted by molar-refractivity contribution is 0.0702. The number of nitrogens with one attached hydrogen (secondary N) is 1. The lowest BCUT2D eigenvalue weighted by atomic mass is 10.4. The molecule has 0 saturated carbocycles. The van der Waals surface area contributed by atoms with E-state index in [0.717, 1.165) is 17.4 Å². The van der Waals surface area contributed by atoms with E-state index in [1.165, 1.54) is 11.5 Å². The lowest BCUT2D eigenvalue weighted by Crippen LogP contribution is -2.30. The van der Waals surface area contributed by atoms with Crippen LogP contribution in [0.2, 0.25) is 0 Å². The van der Waals surface area contributed by atoms with Gasteiger partial charge in [-0.2, -0.15) is 0 Å². The number of sulfonamides is 1. The molecule has 0 saturated heterocycles. The number of rotatable bonds is 5. The molecule has 1 atom stereocenters. The van der Waals surface area contributed by atoms with Crippen molar-refractivity contribution in [3.63, 3.8) is 0 Å². The van der Waals surface area contributed by atoms with Crippen molar-refractivity contribution in [3.05, 3.63) is 29.0 Å². The normalized spacial score (nSPS) is 13.3. The fourth-order valence-electron chi connectivity index (χ4n) is 0.933. The molecule has 1 aromatic heterocycles. The quantitative estimate of drug-likeness (QED) is 0.782. The van der Waals surface area contributed by atoms with Crippen molar-refractivity contribution < 1.29 is 18.3 Å². The molecule has 7 heteroatoms. The first-order chi connectivity index (χ1) is 7.36. The number of thiophene rings is 1. The van der Waals surface area contributed by atoms with E-state index in [0.29, 0.717) is 0 Å². The highest BCUT2D eigenvalue weighted by Crippen LogP contribution is 2.19. The van der Waals surface area contributed by atoms with E-state index < -0.39 is 22.0 Å². The van der Waals surface area contributed by atoms with Crippen molar-refractivity contribution in [2.45, 2.75) is 17.9 Å². The fraction of sp³-hybridized carbons (Fsp3) is 0.222. The highest BCUT2D eigenvalue weighted by molar-refractivity contribution is 7.89. The van der Waals surface area contributed by atoms with E-state index in [1.807, 2.05) is 0 Å². The average molecular weight is 261 g/mol. The molecule has 1 unspecified atom stereocenters. The summed E-state index contributed by atoms with van der Waals surface area (Å²) < 4.78 is 25.7. The van der Waals surface area contributed by atoms with Crippen LogP contribution in [-0.4, -0.2) is 25.5 Å². The SMILES string of the molecule is C=CC(C)NS(=O)(=O)c1csc(C(=O)O)c1. The van der Waals surface area contributed by atoms with E-state index >= 15 is 0 Å². The summed E-state index contributed by atoms with van der Waals surface area (Å²) in [6.45, 7) is 5.09. The summed E-state index contributed by atoms with van der Waals surface area (Å²) in [4.78, 5) is 10.6. The van der Waals surface area contributed by atoms with Gasteiger partial charge in [0, 0.05) is 11.4 Å². The number of hydrogen-bond donors (Lipinski definition) is 2. The maximum absolute atomic E-state index is 11.7. The molecular weight excluding hydrogens is 250 g/mol. The first-order valence-electron chi connectivity index (χ1n) is 4.33. The molecule has 16 heavy (non-hydrogen) atoms. The van der Waals surface area contributed by atoms with Crippen LogP contribution in [0.1, 0.15) is 16.6 Å². The Kier molecular flexibility index (Phi) is 3.84. The third-order valence-corrected chi connectivity index (χ3v) is 4.40. The van der Waals surface area contributed by atoms with Crippen molar-refractivity contribution in [2.75, 3.05) is 0 Å². The minimum Gasteiger partial charge on any atom is -0.477 e. The van der Waals surface area contributed by atoms with E-state index in [-0.39, 0.29) is 9.77 Å². The van der Waals surface area contributed by atoms with Gasteiger partial charge in [0.25, 0.3) is 0 Å². The Morgan fingerprint density at radius 1 is 1.69 bits per heavy atom. The summed E-state index contributed by atoms with van der Waals surface area (Å²) in [5.74, 6) is -1.14. The molecule has 5 nitrogen and oxygen atoms in total. The Hall–Kier alpha value is -1.18. The molecule has 1 rings (SSSR count). The Balaban J connectivity index is 2.99. The van der Waals surface area contributed by atoms with Crippen LogP contribution in [0.4, 0.5) is 0 Å². The molecule has 0 spiro atoms.